The Balaban J connectivity index is 1.76. The number of halogens is 1. The van der Waals surface area contributed by atoms with E-state index in [1.165, 1.54) is 18.5 Å². The van der Waals surface area contributed by atoms with Crippen molar-refractivity contribution in [3.8, 4) is 34.3 Å². The third kappa shape index (κ3) is 4.40. The van der Waals surface area contributed by atoms with Crippen LogP contribution in [-0.4, -0.2) is 38.8 Å². The molecule has 2 aromatic carbocycles. The maximum atomic E-state index is 14.6. The molecule has 10 heteroatoms. The van der Waals surface area contributed by atoms with E-state index in [4.69, 9.17) is 15.2 Å². The highest BCUT2D eigenvalue weighted by Gasteiger charge is 2.26. The molecule has 0 aliphatic carbocycles. The molecular weight excluding hydrogens is 487 g/mol. The lowest BCUT2D eigenvalue weighted by atomic mass is 10.1. The number of hydrogen-bond acceptors (Lipinski definition) is 8. The molecule has 0 amide bonds. The fourth-order valence-electron chi connectivity index (χ4n) is 4.50. The highest BCUT2D eigenvalue weighted by Crippen LogP contribution is 2.41. The normalized spacial score (nSPS) is 11.1. The molecule has 4 N–H and O–H groups in total. The van der Waals surface area contributed by atoms with Gasteiger partial charge in [0.05, 0.1) is 37.3 Å². The van der Waals surface area contributed by atoms with E-state index in [1.54, 1.807) is 32.5 Å². The molecule has 0 aliphatic heterocycles. The van der Waals surface area contributed by atoms with Crippen molar-refractivity contribution < 1.29 is 19.0 Å². The average Bonchev–Trinajstić information content (AvgIpc) is 3.28. The Morgan fingerprint density at radius 1 is 1.03 bits per heavy atom. The second-order valence-electron chi connectivity index (χ2n) is 8.59. The molecule has 0 fully saturated rings. The number of benzene rings is 2. The Hall–Kier alpha value is -4.86. The zero-order chi connectivity index (χ0) is 26.8. The smallest absolute Gasteiger partial charge is 0.166 e. The number of rotatable bonds is 8. The van der Waals surface area contributed by atoms with Gasteiger partial charge in [0.25, 0.3) is 0 Å². The van der Waals surface area contributed by atoms with Gasteiger partial charge in [-0.2, -0.15) is 0 Å². The first-order valence-corrected chi connectivity index (χ1v) is 12.0. The Bertz CT molecular complexity index is 1620. The summed E-state index contributed by atoms with van der Waals surface area (Å²) in [5, 5.41) is 13.3. The van der Waals surface area contributed by atoms with Gasteiger partial charge in [0.2, 0.25) is 0 Å². The average molecular weight is 515 g/mol. The molecule has 0 saturated carbocycles. The number of hydrogen-bond donors (Lipinski definition) is 3. The van der Waals surface area contributed by atoms with Gasteiger partial charge in [0, 0.05) is 29.9 Å². The van der Waals surface area contributed by atoms with Gasteiger partial charge < -0.3 is 30.2 Å². The summed E-state index contributed by atoms with van der Waals surface area (Å²) in [6, 6.07) is 13.6. The van der Waals surface area contributed by atoms with Gasteiger partial charge in [-0.15, -0.1) is 0 Å². The minimum absolute atomic E-state index is 0.445. The summed E-state index contributed by atoms with van der Waals surface area (Å²) in [5.74, 6) is 0.580. The van der Waals surface area contributed by atoms with Crippen LogP contribution in [0.15, 0.2) is 61.1 Å². The number of phenolic OH excluding ortho intramolecular Hbond substituents is 1. The van der Waals surface area contributed by atoms with Crippen LogP contribution >= 0.6 is 0 Å². The van der Waals surface area contributed by atoms with Crippen molar-refractivity contribution in [2.45, 2.75) is 19.9 Å². The Kier molecular flexibility index (Phi) is 6.69. The second kappa shape index (κ2) is 10.3. The summed E-state index contributed by atoms with van der Waals surface area (Å²) in [6.07, 6.45) is 3.64. The summed E-state index contributed by atoms with van der Waals surface area (Å²) in [4.78, 5) is 13.7. The fraction of sp³-hybridized carbons (Fsp3) is 0.179. The number of aryl methyl sites for hydroxylation is 1. The molecule has 0 spiro atoms. The standard InChI is InChI=1S/C28H27FN6O3/c1-4-20-24-27(28(34-15-33-24)32-13-16-5-8-19(37-2)9-6-16)35(18-7-10-22(36)21(29)12-18)26(20)25-23(38-3)11-17(30)14-31-25/h5-12,14-15,36H,4,13,30H2,1-3H3,(H,32,33,34). The third-order valence-corrected chi connectivity index (χ3v) is 6.32. The lowest BCUT2D eigenvalue weighted by Gasteiger charge is -2.16. The lowest BCUT2D eigenvalue weighted by Crippen LogP contribution is -2.06. The van der Waals surface area contributed by atoms with Gasteiger partial charge in [-0.25, -0.2) is 19.3 Å². The number of phenols is 1. The molecule has 0 radical (unpaired) electrons. The van der Waals surface area contributed by atoms with Gasteiger partial charge in [-0.05, 0) is 36.2 Å². The van der Waals surface area contributed by atoms with E-state index in [2.05, 4.69) is 20.3 Å². The number of nitrogens with one attached hydrogen (secondary N) is 1. The highest BCUT2D eigenvalue weighted by atomic mass is 19.1. The number of aromatic hydroxyl groups is 1. The Morgan fingerprint density at radius 2 is 1.82 bits per heavy atom. The predicted octanol–water partition coefficient (Wildman–Crippen LogP) is 5.10. The maximum Gasteiger partial charge on any atom is 0.166 e. The molecule has 3 heterocycles. The van der Waals surface area contributed by atoms with Crippen LogP contribution in [0.4, 0.5) is 15.9 Å². The zero-order valence-electron chi connectivity index (χ0n) is 21.2. The SMILES string of the molecule is CCc1c(-c2ncc(N)cc2OC)n(-c2ccc(O)c(F)c2)c2c(NCc3ccc(OC)cc3)ncnc12. The Labute approximate surface area is 218 Å². The van der Waals surface area contributed by atoms with Crippen LogP contribution in [0.25, 0.3) is 28.1 Å². The number of anilines is 2. The zero-order valence-corrected chi connectivity index (χ0v) is 21.2. The summed E-state index contributed by atoms with van der Waals surface area (Å²) >= 11 is 0. The molecule has 5 rings (SSSR count). The number of fused-ring (bicyclic) bond motifs is 1. The predicted molar refractivity (Wildman–Crippen MR) is 144 cm³/mol. The summed E-state index contributed by atoms with van der Waals surface area (Å²) in [7, 11) is 3.17. The molecule has 3 aromatic heterocycles. The molecule has 0 bridgehead atoms. The molecule has 0 unspecified atom stereocenters. The summed E-state index contributed by atoms with van der Waals surface area (Å²) < 4.78 is 27.4. The van der Waals surface area contributed by atoms with E-state index < -0.39 is 11.6 Å². The van der Waals surface area contributed by atoms with Crippen LogP contribution in [-0.2, 0) is 13.0 Å². The van der Waals surface area contributed by atoms with E-state index in [0.717, 1.165) is 16.9 Å². The number of nitrogens with zero attached hydrogens (tertiary/aromatic N) is 4. The van der Waals surface area contributed by atoms with Crippen molar-refractivity contribution >= 4 is 22.5 Å². The van der Waals surface area contributed by atoms with Crippen LogP contribution in [0, 0.1) is 5.82 Å². The minimum atomic E-state index is -0.754. The molecule has 0 atom stereocenters. The van der Waals surface area contributed by atoms with Gasteiger partial charge >= 0.3 is 0 Å². The minimum Gasteiger partial charge on any atom is -0.505 e. The van der Waals surface area contributed by atoms with Gasteiger partial charge in [0.15, 0.2) is 17.4 Å². The number of nitrogens with two attached hydrogens (primary N) is 1. The van der Waals surface area contributed by atoms with Crippen molar-refractivity contribution in [2.75, 3.05) is 25.3 Å². The first-order valence-electron chi connectivity index (χ1n) is 12.0. The van der Waals surface area contributed by atoms with Gasteiger partial charge in [0.1, 0.15) is 29.0 Å². The van der Waals surface area contributed by atoms with Crippen molar-refractivity contribution in [3.05, 3.63) is 78.0 Å². The van der Waals surface area contributed by atoms with Crippen molar-refractivity contribution in [1.29, 1.82) is 0 Å². The van der Waals surface area contributed by atoms with Crippen molar-refractivity contribution in [3.63, 3.8) is 0 Å². The monoisotopic (exact) mass is 514 g/mol. The second-order valence-corrected chi connectivity index (χ2v) is 8.59. The number of methoxy groups -OCH3 is 2. The van der Waals surface area contributed by atoms with Crippen LogP contribution < -0.4 is 20.5 Å². The van der Waals surface area contributed by atoms with Crippen molar-refractivity contribution in [1.82, 2.24) is 19.5 Å². The van der Waals surface area contributed by atoms with Gasteiger partial charge in [-0.1, -0.05) is 19.1 Å². The number of pyridine rings is 1. The van der Waals surface area contributed by atoms with Crippen LogP contribution in [0.5, 0.6) is 17.2 Å². The van der Waals surface area contributed by atoms with E-state index in [0.29, 0.717) is 58.3 Å². The number of nitrogen functional groups attached to an aromatic ring is 1. The molecule has 194 valence electrons. The molecule has 9 nitrogen and oxygen atoms in total. The Morgan fingerprint density at radius 3 is 2.50 bits per heavy atom. The molecule has 0 aliphatic rings. The van der Waals surface area contributed by atoms with Crippen LogP contribution in [0.2, 0.25) is 0 Å². The van der Waals surface area contributed by atoms with Crippen molar-refractivity contribution in [2.24, 2.45) is 0 Å². The van der Waals surface area contributed by atoms with E-state index in [9.17, 15) is 9.50 Å². The quantitative estimate of drug-likeness (QED) is 0.262. The highest BCUT2D eigenvalue weighted by molar-refractivity contribution is 5.97. The molecule has 0 saturated heterocycles. The molecule has 5 aromatic rings. The fourth-order valence-corrected chi connectivity index (χ4v) is 4.50. The van der Waals surface area contributed by atoms with Gasteiger partial charge in [-0.3, -0.25) is 0 Å². The van der Waals surface area contributed by atoms with E-state index >= 15 is 0 Å². The topological polar surface area (TPSA) is 120 Å². The summed E-state index contributed by atoms with van der Waals surface area (Å²) in [5.41, 5.74) is 11.3. The van der Waals surface area contributed by atoms with Crippen LogP contribution in [0.1, 0.15) is 18.1 Å². The molecule has 38 heavy (non-hydrogen) atoms. The first kappa shape index (κ1) is 24.8. The number of aromatic nitrogens is 4. The van der Waals surface area contributed by atoms with E-state index in [-0.39, 0.29) is 0 Å². The maximum absolute atomic E-state index is 14.6. The van der Waals surface area contributed by atoms with E-state index in [1.807, 2.05) is 35.8 Å². The largest absolute Gasteiger partial charge is 0.505 e. The lowest BCUT2D eigenvalue weighted by molar-refractivity contribution is 0.414. The molecular formula is C28H27FN6O3. The first-order chi connectivity index (χ1) is 18.4. The summed E-state index contributed by atoms with van der Waals surface area (Å²) in [6.45, 7) is 2.49. The third-order valence-electron chi connectivity index (χ3n) is 6.32. The number of ether oxygens (including phenoxy) is 2. The van der Waals surface area contributed by atoms with Crippen LogP contribution in [0.3, 0.4) is 0 Å².